The van der Waals surface area contributed by atoms with E-state index in [1.807, 2.05) is 51.4 Å². The molecule has 2 fully saturated rings. The third-order valence-corrected chi connectivity index (χ3v) is 24.5. The summed E-state index contributed by atoms with van der Waals surface area (Å²) in [6.45, 7) is 14.0. The monoisotopic (exact) mass is 766 g/mol. The molecule has 2 aliphatic rings. The van der Waals surface area contributed by atoms with E-state index < -0.39 is 39.5 Å². The van der Waals surface area contributed by atoms with Gasteiger partial charge < -0.3 is 12.8 Å². The Bertz CT molecular complexity index is 268. The molecule has 2 aliphatic carbocycles. The maximum absolute atomic E-state index is 2.86. The molecule has 0 bridgehead atoms. The average molecular weight is 764 g/mol. The topological polar surface area (TPSA) is 0 Å². The Morgan fingerprint density at radius 2 is 0.568 bits per heavy atom. The Morgan fingerprint density at radius 3 is 0.676 bits per heavy atom. The van der Waals surface area contributed by atoms with Gasteiger partial charge in [-0.05, 0) is 0 Å². The molecule has 0 nitrogen and oxygen atoms in total. The van der Waals surface area contributed by atoms with Crippen LogP contribution in [0.5, 0.6) is 0 Å². The Kier molecular flexibility index (Phi) is 47.4. The molecule has 0 aromatic carbocycles. The van der Waals surface area contributed by atoms with Gasteiger partial charge in [-0.3, -0.25) is 0 Å². The van der Waals surface area contributed by atoms with Gasteiger partial charge in [0.05, 0.1) is 0 Å². The summed E-state index contributed by atoms with van der Waals surface area (Å²) in [4.78, 5) is 0. The van der Waals surface area contributed by atoms with Gasteiger partial charge in [0.1, 0.15) is 0 Å². The van der Waals surface area contributed by atoms with Crippen LogP contribution < -0.4 is 0 Å². The third kappa shape index (κ3) is 38.1. The van der Waals surface area contributed by atoms with Gasteiger partial charge in [-0.2, -0.15) is 0 Å². The summed E-state index contributed by atoms with van der Waals surface area (Å²) in [5.41, 5.74) is 0. The van der Waals surface area contributed by atoms with E-state index in [4.69, 9.17) is 0 Å². The van der Waals surface area contributed by atoms with Crippen molar-refractivity contribution in [2.45, 2.75) is 145 Å². The minimum atomic E-state index is -0.839. The fourth-order valence-electron chi connectivity index (χ4n) is 3.87. The van der Waals surface area contributed by atoms with Crippen LogP contribution in [0.2, 0.25) is 26.6 Å². The number of hydrogen-bond acceptors (Lipinski definition) is 0. The Morgan fingerprint density at radius 1 is 0.378 bits per heavy atom. The van der Waals surface area contributed by atoms with Crippen LogP contribution in [0, 0.1) is 64.2 Å². The van der Waals surface area contributed by atoms with E-state index in [0.29, 0.717) is 0 Å². The minimum Gasteiger partial charge on any atom is -0.474 e. The predicted molar refractivity (Wildman–Crippen MR) is 171 cm³/mol. The molecule has 37 heavy (non-hydrogen) atoms. The molecule has 2 rings (SSSR count). The summed E-state index contributed by atoms with van der Waals surface area (Å²) in [5, 5.41) is 0. The molecule has 0 amide bonds. The molecule has 0 saturated heterocycles. The molecular weight excluding hydrogens is 702 g/mol. The first-order chi connectivity index (χ1) is 17.7. The number of unbranched alkanes of at least 4 members (excludes halogenated alkanes) is 6. The van der Waals surface area contributed by atoms with E-state index in [9.17, 15) is 0 Å². The first-order valence-corrected chi connectivity index (χ1v) is 27.6. The molecule has 0 atom stereocenters. The number of hydrogen-bond donors (Lipinski definition) is 0. The average Bonchev–Trinajstić information content (AvgIpc) is 3.68. The van der Waals surface area contributed by atoms with Crippen molar-refractivity contribution in [3.05, 3.63) is 64.2 Å². The van der Waals surface area contributed by atoms with Crippen molar-refractivity contribution in [2.75, 3.05) is 0 Å². The summed E-state index contributed by atoms with van der Waals surface area (Å²) in [6.07, 6.45) is 38.7. The van der Waals surface area contributed by atoms with Gasteiger partial charge >= 0.3 is 185 Å². The largest absolute Gasteiger partial charge is 0.474 e. The Balaban J connectivity index is -0.000000446. The molecule has 0 aromatic heterocycles. The SMILES string of the molecule is CCC[CH2][Sn+]([CH2]CCC)[CH2]CCC.CCC[CH2][Sn+]([CH2]CCC)[CH2]CCC.[C-]1[CH][CH][CH][CH]1.[C-]1[CH][CH][CH][CH]1.[Fe]. The molecule has 10 radical (unpaired) electrons. The molecule has 0 spiro atoms. The molecule has 214 valence electrons. The minimum absolute atomic E-state index is 0. The van der Waals surface area contributed by atoms with Gasteiger partial charge in [-0.25, -0.2) is 25.7 Å². The maximum atomic E-state index is 2.86. The van der Waals surface area contributed by atoms with E-state index in [1.165, 1.54) is 77.0 Å². The summed E-state index contributed by atoms with van der Waals surface area (Å²) in [6, 6.07) is 0. The third-order valence-electron chi connectivity index (χ3n) is 6.30. The second-order valence-electron chi connectivity index (χ2n) is 9.89. The zero-order valence-electron chi connectivity index (χ0n) is 25.7. The Hall–Kier alpha value is 2.12. The molecule has 2 saturated carbocycles. The van der Waals surface area contributed by atoms with Crippen LogP contribution in [-0.2, 0) is 17.1 Å². The summed E-state index contributed by atoms with van der Waals surface area (Å²) in [7, 11) is 0. The second-order valence-corrected chi connectivity index (χ2v) is 27.0. The normalized spacial score (nSPS) is 13.8. The molecule has 0 heterocycles. The van der Waals surface area contributed by atoms with Crippen LogP contribution in [0.3, 0.4) is 0 Å². The summed E-state index contributed by atoms with van der Waals surface area (Å²) in [5.74, 6) is 0. The van der Waals surface area contributed by atoms with Gasteiger partial charge in [-0.15, -0.1) is 0 Å². The van der Waals surface area contributed by atoms with Crippen molar-refractivity contribution in [1.82, 2.24) is 0 Å². The van der Waals surface area contributed by atoms with Crippen LogP contribution in [0.1, 0.15) is 119 Å². The zero-order valence-corrected chi connectivity index (χ0v) is 32.5. The van der Waals surface area contributed by atoms with Crippen LogP contribution in [0.15, 0.2) is 0 Å². The molecule has 0 unspecified atom stereocenters. The van der Waals surface area contributed by atoms with E-state index in [1.54, 1.807) is 26.6 Å². The first kappa shape index (κ1) is 43.6. The van der Waals surface area contributed by atoms with E-state index >= 15 is 0 Å². The van der Waals surface area contributed by atoms with Gasteiger partial charge in [-0.1, -0.05) is 25.7 Å². The molecule has 3 heteroatoms. The quantitative estimate of drug-likeness (QED) is 0.0963. The van der Waals surface area contributed by atoms with Crippen molar-refractivity contribution in [3.63, 3.8) is 0 Å². The number of rotatable bonds is 18. The van der Waals surface area contributed by atoms with Crippen molar-refractivity contribution in [1.29, 1.82) is 0 Å². The van der Waals surface area contributed by atoms with Crippen LogP contribution in [0.25, 0.3) is 0 Å². The summed E-state index contributed by atoms with van der Waals surface area (Å²) >= 11 is -1.68. The van der Waals surface area contributed by atoms with Crippen molar-refractivity contribution < 1.29 is 17.1 Å². The van der Waals surface area contributed by atoms with E-state index in [0.717, 1.165) is 0 Å². The van der Waals surface area contributed by atoms with Gasteiger partial charge in [0.2, 0.25) is 0 Å². The molecular formula is C34H62FeSn2. The van der Waals surface area contributed by atoms with Crippen molar-refractivity contribution >= 4 is 39.5 Å². The first-order valence-electron chi connectivity index (χ1n) is 15.5. The van der Waals surface area contributed by atoms with Crippen molar-refractivity contribution in [3.8, 4) is 0 Å². The van der Waals surface area contributed by atoms with Gasteiger partial charge in [0.25, 0.3) is 0 Å². The maximum Gasteiger partial charge on any atom is 0 e. The molecule has 0 aromatic rings. The molecule has 0 N–H and O–H groups in total. The smallest absolute Gasteiger partial charge is 0 e. The van der Waals surface area contributed by atoms with E-state index in [2.05, 4.69) is 54.4 Å². The van der Waals surface area contributed by atoms with Gasteiger partial charge in [0.15, 0.2) is 0 Å². The van der Waals surface area contributed by atoms with Crippen molar-refractivity contribution in [2.24, 2.45) is 0 Å². The van der Waals surface area contributed by atoms with Crippen LogP contribution >= 0.6 is 0 Å². The van der Waals surface area contributed by atoms with Crippen LogP contribution in [0.4, 0.5) is 0 Å². The van der Waals surface area contributed by atoms with E-state index in [-0.39, 0.29) is 17.1 Å². The standard InChI is InChI=1S/2C5H4.6C4H9.Fe.2Sn/c2*1-2-4-5-3-1;6*1-3-4-2;;;/h2*1-4H;6*1,3-4H2,2H3;;;/q2*-1;;;;;;;;2*+1. The van der Waals surface area contributed by atoms with Crippen LogP contribution in [-0.4, -0.2) is 39.5 Å². The fourth-order valence-corrected chi connectivity index (χ4v) is 22.8. The fraction of sp³-hybridized carbons (Fsp3) is 0.706. The zero-order chi connectivity index (χ0) is 27.0. The molecule has 0 aliphatic heterocycles. The second kappa shape index (κ2) is 40.3. The Labute approximate surface area is 263 Å². The summed E-state index contributed by atoms with van der Waals surface area (Å²) < 4.78 is 10.1. The predicted octanol–water partition coefficient (Wildman–Crippen LogP) is 11.6. The van der Waals surface area contributed by atoms with Gasteiger partial charge in [0, 0.05) is 17.1 Å².